The fourth-order valence-corrected chi connectivity index (χ4v) is 2.79. The average molecular weight is 319 g/mol. The van der Waals surface area contributed by atoms with Gasteiger partial charge in [-0.25, -0.2) is 0 Å². The largest absolute Gasteiger partial charge is 0.478 e. The number of hydrogen-bond donors (Lipinski definition) is 2. The first-order valence-corrected chi connectivity index (χ1v) is 7.99. The van der Waals surface area contributed by atoms with Crippen LogP contribution in [0.5, 0.6) is 5.75 Å². The molecular formula is C17H25N3O3. The summed E-state index contributed by atoms with van der Waals surface area (Å²) in [5.41, 5.74) is 13.0. The van der Waals surface area contributed by atoms with Crippen LogP contribution in [0.15, 0.2) is 18.2 Å². The van der Waals surface area contributed by atoms with Crippen molar-refractivity contribution >= 4 is 17.5 Å². The quantitative estimate of drug-likeness (QED) is 0.834. The molecule has 2 rings (SSSR count). The van der Waals surface area contributed by atoms with E-state index in [-0.39, 0.29) is 18.5 Å². The van der Waals surface area contributed by atoms with E-state index in [1.54, 1.807) is 0 Å². The SMILES string of the molecule is CCC1Oc2ccc(C(N)CC(C)C)cc2N(CC(N)=O)C1=O. The summed E-state index contributed by atoms with van der Waals surface area (Å²) in [6.07, 6.45) is 0.778. The van der Waals surface area contributed by atoms with Crippen LogP contribution in [0.25, 0.3) is 0 Å². The lowest BCUT2D eigenvalue weighted by atomic mass is 9.96. The standard InChI is InChI=1S/C17H25N3O3/c1-4-14-17(22)20(9-16(19)21)13-8-11(5-6-15(13)23-14)12(18)7-10(2)3/h5-6,8,10,12,14H,4,7,9,18H2,1-3H3,(H2,19,21). The summed E-state index contributed by atoms with van der Waals surface area (Å²) >= 11 is 0. The highest BCUT2D eigenvalue weighted by Crippen LogP contribution is 2.37. The molecule has 0 radical (unpaired) electrons. The zero-order valence-electron chi connectivity index (χ0n) is 13.9. The molecular weight excluding hydrogens is 294 g/mol. The summed E-state index contributed by atoms with van der Waals surface area (Å²) in [6, 6.07) is 5.43. The van der Waals surface area contributed by atoms with Gasteiger partial charge in [0.2, 0.25) is 5.91 Å². The number of anilines is 1. The van der Waals surface area contributed by atoms with Gasteiger partial charge in [0.15, 0.2) is 6.10 Å². The van der Waals surface area contributed by atoms with Crippen LogP contribution < -0.4 is 21.1 Å². The van der Waals surface area contributed by atoms with Crippen LogP contribution in [-0.4, -0.2) is 24.5 Å². The molecule has 0 aliphatic carbocycles. The Kier molecular flexibility index (Phi) is 5.26. The van der Waals surface area contributed by atoms with Crippen molar-refractivity contribution in [3.63, 3.8) is 0 Å². The van der Waals surface area contributed by atoms with Gasteiger partial charge >= 0.3 is 0 Å². The molecule has 0 spiro atoms. The van der Waals surface area contributed by atoms with Crippen LogP contribution in [0.1, 0.15) is 45.2 Å². The third-order valence-corrected chi connectivity index (χ3v) is 3.92. The number of carbonyl (C=O) groups excluding carboxylic acids is 2. The van der Waals surface area contributed by atoms with Crippen molar-refractivity contribution in [1.29, 1.82) is 0 Å². The smallest absolute Gasteiger partial charge is 0.268 e. The predicted octanol–water partition coefficient (Wildman–Crippen LogP) is 1.72. The molecule has 1 aliphatic rings. The maximum atomic E-state index is 12.5. The molecule has 126 valence electrons. The van der Waals surface area contributed by atoms with Crippen LogP contribution >= 0.6 is 0 Å². The van der Waals surface area contributed by atoms with Crippen LogP contribution in [-0.2, 0) is 9.59 Å². The first-order valence-electron chi connectivity index (χ1n) is 7.99. The first kappa shape index (κ1) is 17.3. The number of benzene rings is 1. The Balaban J connectivity index is 2.39. The lowest BCUT2D eigenvalue weighted by Gasteiger charge is -2.34. The maximum absolute atomic E-state index is 12.5. The van der Waals surface area contributed by atoms with E-state index in [1.807, 2.05) is 25.1 Å². The van der Waals surface area contributed by atoms with Crippen molar-refractivity contribution in [2.45, 2.75) is 45.8 Å². The van der Waals surface area contributed by atoms with E-state index >= 15 is 0 Å². The molecule has 0 aromatic heterocycles. The molecule has 0 fully saturated rings. The fraction of sp³-hybridized carbons (Fsp3) is 0.529. The number of carbonyl (C=O) groups is 2. The van der Waals surface area contributed by atoms with E-state index < -0.39 is 12.0 Å². The van der Waals surface area contributed by atoms with Gasteiger partial charge in [0, 0.05) is 6.04 Å². The summed E-state index contributed by atoms with van der Waals surface area (Å²) in [5, 5.41) is 0. The van der Waals surface area contributed by atoms with Crippen molar-refractivity contribution in [3.05, 3.63) is 23.8 Å². The molecule has 0 saturated carbocycles. The third-order valence-electron chi connectivity index (χ3n) is 3.92. The predicted molar refractivity (Wildman–Crippen MR) is 89.1 cm³/mol. The van der Waals surface area contributed by atoms with E-state index in [4.69, 9.17) is 16.2 Å². The number of amides is 2. The van der Waals surface area contributed by atoms with Gasteiger partial charge in [0.25, 0.3) is 5.91 Å². The summed E-state index contributed by atoms with van der Waals surface area (Å²) in [6.45, 7) is 5.92. The highest BCUT2D eigenvalue weighted by atomic mass is 16.5. The van der Waals surface area contributed by atoms with Gasteiger partial charge in [-0.2, -0.15) is 0 Å². The average Bonchev–Trinajstić information content (AvgIpc) is 2.48. The zero-order valence-corrected chi connectivity index (χ0v) is 13.9. The van der Waals surface area contributed by atoms with Gasteiger partial charge in [-0.05, 0) is 36.5 Å². The van der Waals surface area contributed by atoms with Crippen molar-refractivity contribution in [2.24, 2.45) is 17.4 Å². The van der Waals surface area contributed by atoms with E-state index in [0.717, 1.165) is 12.0 Å². The number of rotatable bonds is 6. The van der Waals surface area contributed by atoms with Gasteiger partial charge in [-0.15, -0.1) is 0 Å². The minimum atomic E-state index is -0.586. The Morgan fingerprint density at radius 3 is 2.65 bits per heavy atom. The lowest BCUT2D eigenvalue weighted by molar-refractivity contribution is -0.128. The molecule has 23 heavy (non-hydrogen) atoms. The van der Waals surface area contributed by atoms with Crippen LogP contribution in [0.4, 0.5) is 5.69 Å². The Hall–Kier alpha value is -2.08. The van der Waals surface area contributed by atoms with Crippen LogP contribution in [0, 0.1) is 5.92 Å². The molecule has 2 atom stereocenters. The minimum Gasteiger partial charge on any atom is -0.478 e. The molecule has 0 saturated heterocycles. The molecule has 6 heteroatoms. The molecule has 1 aromatic carbocycles. The molecule has 2 amide bonds. The Bertz CT molecular complexity index is 601. The van der Waals surface area contributed by atoms with E-state index in [0.29, 0.717) is 23.8 Å². The molecule has 0 bridgehead atoms. The summed E-state index contributed by atoms with van der Waals surface area (Å²) in [5.74, 6) is 0.245. The van der Waals surface area contributed by atoms with Crippen molar-refractivity contribution in [3.8, 4) is 5.75 Å². The molecule has 6 nitrogen and oxygen atoms in total. The number of nitrogens with two attached hydrogens (primary N) is 2. The Labute approximate surface area is 136 Å². The van der Waals surface area contributed by atoms with Gasteiger partial charge in [-0.3, -0.25) is 14.5 Å². The normalized spacial score (nSPS) is 18.6. The molecule has 2 unspecified atom stereocenters. The third kappa shape index (κ3) is 3.82. The second-order valence-electron chi connectivity index (χ2n) is 6.37. The first-order chi connectivity index (χ1) is 10.8. The lowest BCUT2D eigenvalue weighted by Crippen LogP contribution is -2.48. The fourth-order valence-electron chi connectivity index (χ4n) is 2.79. The zero-order chi connectivity index (χ0) is 17.1. The van der Waals surface area contributed by atoms with Gasteiger partial charge < -0.3 is 16.2 Å². The monoisotopic (exact) mass is 319 g/mol. The maximum Gasteiger partial charge on any atom is 0.268 e. The van der Waals surface area contributed by atoms with Gasteiger partial charge in [0.05, 0.1) is 5.69 Å². The molecule has 1 aromatic rings. The van der Waals surface area contributed by atoms with Crippen LogP contribution in [0.3, 0.4) is 0 Å². The number of nitrogens with zero attached hydrogens (tertiary/aromatic N) is 1. The number of hydrogen-bond acceptors (Lipinski definition) is 4. The Morgan fingerprint density at radius 2 is 2.09 bits per heavy atom. The van der Waals surface area contributed by atoms with Crippen LogP contribution in [0.2, 0.25) is 0 Å². The summed E-state index contributed by atoms with van der Waals surface area (Å²) in [4.78, 5) is 25.2. The number of fused-ring (bicyclic) bond motifs is 1. The minimum absolute atomic E-state index is 0.130. The molecule has 1 heterocycles. The number of primary amides is 1. The number of ether oxygens (including phenoxy) is 1. The second-order valence-corrected chi connectivity index (χ2v) is 6.37. The van der Waals surface area contributed by atoms with Gasteiger partial charge in [0.1, 0.15) is 12.3 Å². The van der Waals surface area contributed by atoms with Crippen molar-refractivity contribution in [2.75, 3.05) is 11.4 Å². The van der Waals surface area contributed by atoms with Crippen molar-refractivity contribution < 1.29 is 14.3 Å². The highest BCUT2D eigenvalue weighted by molar-refractivity contribution is 6.03. The van der Waals surface area contributed by atoms with Crippen molar-refractivity contribution in [1.82, 2.24) is 0 Å². The van der Waals surface area contributed by atoms with E-state index in [9.17, 15) is 9.59 Å². The summed E-state index contributed by atoms with van der Waals surface area (Å²) < 4.78 is 5.74. The van der Waals surface area contributed by atoms with Gasteiger partial charge in [-0.1, -0.05) is 26.8 Å². The molecule has 4 N–H and O–H groups in total. The van der Waals surface area contributed by atoms with E-state index in [1.165, 1.54) is 4.90 Å². The molecule has 1 aliphatic heterocycles. The highest BCUT2D eigenvalue weighted by Gasteiger charge is 2.34. The van der Waals surface area contributed by atoms with E-state index in [2.05, 4.69) is 13.8 Å². The Morgan fingerprint density at radius 1 is 1.39 bits per heavy atom. The summed E-state index contributed by atoms with van der Waals surface area (Å²) in [7, 11) is 0. The second kappa shape index (κ2) is 7.00. The topological polar surface area (TPSA) is 98.7 Å².